The summed E-state index contributed by atoms with van der Waals surface area (Å²) in [7, 11) is 0. The first-order valence-corrected chi connectivity index (χ1v) is 8.00. The van der Waals surface area contributed by atoms with Crippen molar-refractivity contribution < 1.29 is 0 Å². The van der Waals surface area contributed by atoms with Gasteiger partial charge in [-0.1, -0.05) is 29.8 Å². The number of anilines is 1. The van der Waals surface area contributed by atoms with Gasteiger partial charge in [0.15, 0.2) is 0 Å². The Bertz CT molecular complexity index is 732. The Morgan fingerprint density at radius 1 is 1.18 bits per heavy atom. The molecule has 4 heteroatoms. The molecule has 1 fully saturated rings. The fraction of sp³-hybridized carbons (Fsp3) is 0.278. The van der Waals surface area contributed by atoms with Crippen LogP contribution in [0.15, 0.2) is 42.6 Å². The first-order chi connectivity index (χ1) is 10.7. The number of hydrogen-bond acceptors (Lipinski definition) is 3. The lowest BCUT2D eigenvalue weighted by Crippen LogP contribution is -2.40. The van der Waals surface area contributed by atoms with E-state index in [4.69, 9.17) is 11.6 Å². The molecular formula is C18H18ClN3. The van der Waals surface area contributed by atoms with Crippen LogP contribution in [0.2, 0.25) is 0 Å². The maximum Gasteiger partial charge on any atom is 0.0730 e. The summed E-state index contributed by atoms with van der Waals surface area (Å²) in [5.74, 6) is 0.566. The number of aryl methyl sites for hydroxylation is 1. The molecule has 0 saturated carbocycles. The Labute approximate surface area is 135 Å². The van der Waals surface area contributed by atoms with E-state index in [1.54, 1.807) is 0 Å². The van der Waals surface area contributed by atoms with E-state index < -0.39 is 0 Å². The molecule has 22 heavy (non-hydrogen) atoms. The topological polar surface area (TPSA) is 37.0 Å². The van der Waals surface area contributed by atoms with E-state index in [1.807, 2.05) is 6.20 Å². The summed E-state index contributed by atoms with van der Waals surface area (Å²) in [6, 6.07) is 10.6. The summed E-state index contributed by atoms with van der Waals surface area (Å²) in [6.45, 7) is 4.16. The summed E-state index contributed by atoms with van der Waals surface area (Å²) in [4.78, 5) is 4.62. The van der Waals surface area contributed by atoms with Crippen LogP contribution >= 0.6 is 11.6 Å². The molecular weight excluding hydrogens is 294 g/mol. The monoisotopic (exact) mass is 311 g/mol. The maximum absolute atomic E-state index is 6.45. The lowest BCUT2D eigenvalue weighted by molar-refractivity contribution is 0.439. The Morgan fingerprint density at radius 2 is 2.05 bits per heavy atom. The van der Waals surface area contributed by atoms with E-state index in [1.165, 1.54) is 11.3 Å². The van der Waals surface area contributed by atoms with Gasteiger partial charge >= 0.3 is 0 Å². The van der Waals surface area contributed by atoms with Gasteiger partial charge in [-0.15, -0.1) is 0 Å². The summed E-state index contributed by atoms with van der Waals surface area (Å²) in [5, 5.41) is 7.63. The summed E-state index contributed by atoms with van der Waals surface area (Å²) in [6.07, 6.45) is 4.02. The molecule has 3 heterocycles. The number of rotatable bonds is 2. The highest BCUT2D eigenvalue weighted by Gasteiger charge is 2.22. The molecule has 1 unspecified atom stereocenters. The highest BCUT2D eigenvalue weighted by molar-refractivity contribution is 6.49. The Morgan fingerprint density at radius 3 is 2.73 bits per heavy atom. The van der Waals surface area contributed by atoms with Crippen molar-refractivity contribution in [2.45, 2.75) is 18.9 Å². The van der Waals surface area contributed by atoms with Gasteiger partial charge in [-0.2, -0.15) is 0 Å². The normalized spacial score (nSPS) is 20.6. The Kier molecular flexibility index (Phi) is 3.40. The SMILES string of the molecule is Cc1ccc2c(c1)NC(c1ccc(C3CNC3)nc1)C=C2Cl. The predicted octanol–water partition coefficient (Wildman–Crippen LogP) is 3.82. The van der Waals surface area contributed by atoms with E-state index >= 15 is 0 Å². The van der Waals surface area contributed by atoms with Crippen molar-refractivity contribution in [2.24, 2.45) is 0 Å². The van der Waals surface area contributed by atoms with Crippen LogP contribution in [-0.4, -0.2) is 18.1 Å². The van der Waals surface area contributed by atoms with E-state index in [0.717, 1.165) is 34.9 Å². The predicted molar refractivity (Wildman–Crippen MR) is 91.2 cm³/mol. The van der Waals surface area contributed by atoms with Gasteiger partial charge in [-0.05, 0) is 36.3 Å². The third-order valence-electron chi connectivity index (χ3n) is 4.42. The summed E-state index contributed by atoms with van der Waals surface area (Å²) >= 11 is 6.45. The minimum Gasteiger partial charge on any atom is -0.374 e. The zero-order valence-electron chi connectivity index (χ0n) is 12.4. The molecule has 1 saturated heterocycles. The number of hydrogen-bond donors (Lipinski definition) is 2. The highest BCUT2D eigenvalue weighted by Crippen LogP contribution is 2.37. The van der Waals surface area contributed by atoms with Gasteiger partial charge in [0.05, 0.1) is 6.04 Å². The van der Waals surface area contributed by atoms with Crippen molar-refractivity contribution in [3.05, 3.63) is 65.0 Å². The van der Waals surface area contributed by atoms with Crippen LogP contribution in [0.1, 0.15) is 34.3 Å². The molecule has 4 rings (SSSR count). The van der Waals surface area contributed by atoms with Crippen molar-refractivity contribution in [1.29, 1.82) is 0 Å². The van der Waals surface area contributed by atoms with Gasteiger partial charge in [-0.3, -0.25) is 4.98 Å². The minimum atomic E-state index is 0.0721. The molecule has 1 aromatic carbocycles. The molecule has 1 atom stereocenters. The van der Waals surface area contributed by atoms with Crippen molar-refractivity contribution in [1.82, 2.24) is 10.3 Å². The van der Waals surface area contributed by atoms with Crippen molar-refractivity contribution >= 4 is 22.3 Å². The van der Waals surface area contributed by atoms with Crippen LogP contribution in [0.25, 0.3) is 5.03 Å². The fourth-order valence-corrected chi connectivity index (χ4v) is 3.24. The third kappa shape index (κ3) is 2.40. The van der Waals surface area contributed by atoms with E-state index in [9.17, 15) is 0 Å². The van der Waals surface area contributed by atoms with Gasteiger partial charge in [0.2, 0.25) is 0 Å². The molecule has 1 aromatic heterocycles. The molecule has 0 spiro atoms. The Balaban J connectivity index is 1.62. The van der Waals surface area contributed by atoms with Crippen LogP contribution in [0, 0.1) is 6.92 Å². The van der Waals surface area contributed by atoms with Gasteiger partial charge in [-0.25, -0.2) is 0 Å². The van der Waals surface area contributed by atoms with Gasteiger partial charge in [0.1, 0.15) is 0 Å². The standard InChI is InChI=1S/C18H18ClN3/c1-11-2-4-14-15(19)7-17(22-18(14)6-11)12-3-5-16(21-10-12)13-8-20-9-13/h2-7,10,13,17,20,22H,8-9H2,1H3. The maximum atomic E-state index is 6.45. The average molecular weight is 312 g/mol. The molecule has 2 aliphatic rings. The largest absolute Gasteiger partial charge is 0.374 e. The zero-order valence-corrected chi connectivity index (χ0v) is 13.2. The number of nitrogens with one attached hydrogen (secondary N) is 2. The van der Waals surface area contributed by atoms with Gasteiger partial charge in [0, 0.05) is 47.2 Å². The molecule has 2 aromatic rings. The number of fused-ring (bicyclic) bond motifs is 1. The lowest BCUT2D eigenvalue weighted by Gasteiger charge is -2.28. The first kappa shape index (κ1) is 13.8. The molecule has 2 N–H and O–H groups in total. The number of benzene rings is 1. The van der Waals surface area contributed by atoms with Crippen molar-refractivity contribution in [3.8, 4) is 0 Å². The smallest absolute Gasteiger partial charge is 0.0730 e. The van der Waals surface area contributed by atoms with Crippen LogP contribution in [0.3, 0.4) is 0 Å². The van der Waals surface area contributed by atoms with Crippen LogP contribution < -0.4 is 10.6 Å². The van der Waals surface area contributed by atoms with E-state index in [2.05, 4.69) is 58.9 Å². The van der Waals surface area contributed by atoms with Gasteiger partial charge < -0.3 is 10.6 Å². The van der Waals surface area contributed by atoms with Gasteiger partial charge in [0.25, 0.3) is 0 Å². The molecule has 2 aliphatic heterocycles. The molecule has 0 aliphatic carbocycles. The molecule has 0 bridgehead atoms. The van der Waals surface area contributed by atoms with Crippen LogP contribution in [0.4, 0.5) is 5.69 Å². The zero-order chi connectivity index (χ0) is 15.1. The van der Waals surface area contributed by atoms with Crippen LogP contribution in [0.5, 0.6) is 0 Å². The summed E-state index contributed by atoms with van der Waals surface area (Å²) in [5.41, 5.74) is 5.69. The lowest BCUT2D eigenvalue weighted by atomic mass is 9.96. The molecule has 0 radical (unpaired) electrons. The second-order valence-electron chi connectivity index (χ2n) is 6.06. The number of nitrogens with zero attached hydrogens (tertiary/aromatic N) is 1. The van der Waals surface area contributed by atoms with E-state index in [0.29, 0.717) is 5.92 Å². The Hall–Kier alpha value is -1.84. The fourth-order valence-electron chi connectivity index (χ4n) is 2.95. The van der Waals surface area contributed by atoms with Crippen molar-refractivity contribution in [2.75, 3.05) is 18.4 Å². The van der Waals surface area contributed by atoms with E-state index in [-0.39, 0.29) is 6.04 Å². The third-order valence-corrected chi connectivity index (χ3v) is 4.75. The second-order valence-corrected chi connectivity index (χ2v) is 6.46. The quantitative estimate of drug-likeness (QED) is 0.885. The molecule has 112 valence electrons. The minimum absolute atomic E-state index is 0.0721. The molecule has 3 nitrogen and oxygen atoms in total. The van der Waals surface area contributed by atoms with Crippen LogP contribution in [-0.2, 0) is 0 Å². The molecule has 0 amide bonds. The second kappa shape index (κ2) is 5.41. The number of aromatic nitrogens is 1. The number of halogens is 1. The van der Waals surface area contributed by atoms with Crippen molar-refractivity contribution in [3.63, 3.8) is 0 Å². The highest BCUT2D eigenvalue weighted by atomic mass is 35.5. The first-order valence-electron chi connectivity index (χ1n) is 7.62. The summed E-state index contributed by atoms with van der Waals surface area (Å²) < 4.78 is 0. The average Bonchev–Trinajstić information content (AvgIpc) is 2.45. The number of pyridine rings is 1.